The van der Waals surface area contributed by atoms with Crippen LogP contribution in [0.1, 0.15) is 38.7 Å². The number of pyridine rings is 1. The highest BCUT2D eigenvalue weighted by Gasteiger charge is 2.50. The van der Waals surface area contributed by atoms with Gasteiger partial charge in [-0.05, 0) is 38.8 Å². The van der Waals surface area contributed by atoms with Crippen molar-refractivity contribution in [1.82, 2.24) is 24.8 Å². The summed E-state index contributed by atoms with van der Waals surface area (Å²) in [4.78, 5) is 20.2. The number of ether oxygens (including phenoxy) is 1. The van der Waals surface area contributed by atoms with E-state index in [2.05, 4.69) is 74.9 Å². The molecule has 0 saturated carbocycles. The van der Waals surface area contributed by atoms with E-state index in [4.69, 9.17) is 21.3 Å². The molecular formula is C30H33ClF2N6O. The molecule has 0 spiro atoms. The van der Waals surface area contributed by atoms with Crippen molar-refractivity contribution in [3.63, 3.8) is 0 Å². The minimum atomic E-state index is -0.862. The number of rotatable bonds is 6. The molecule has 7 nitrogen and oxygen atoms in total. The first-order chi connectivity index (χ1) is 19.2. The summed E-state index contributed by atoms with van der Waals surface area (Å²) >= 11 is 6.06. The Morgan fingerprint density at radius 1 is 1.10 bits per heavy atom. The number of alkyl halides is 1. The van der Waals surface area contributed by atoms with E-state index in [0.29, 0.717) is 37.3 Å². The number of hydrogen-bond donors (Lipinski definition) is 0. The normalized spacial score (nSPS) is 28.5. The van der Waals surface area contributed by atoms with Crippen molar-refractivity contribution in [2.45, 2.75) is 62.4 Å². The van der Waals surface area contributed by atoms with E-state index in [1.807, 2.05) is 6.07 Å². The van der Waals surface area contributed by atoms with Crippen LogP contribution in [0, 0.1) is 5.82 Å². The first-order valence-corrected chi connectivity index (χ1v) is 14.4. The Balaban J connectivity index is 1.20. The fourth-order valence-corrected chi connectivity index (χ4v) is 7.60. The predicted molar refractivity (Wildman–Crippen MR) is 151 cm³/mol. The number of aromatic nitrogens is 3. The Kier molecular flexibility index (Phi) is 6.25. The molecule has 2 bridgehead atoms. The smallest absolute Gasteiger partial charge is 0.319 e. The lowest BCUT2D eigenvalue weighted by molar-refractivity contribution is 0.0590. The largest absolute Gasteiger partial charge is 0.461 e. The fourth-order valence-electron chi connectivity index (χ4n) is 7.46. The van der Waals surface area contributed by atoms with Gasteiger partial charge in [-0.1, -0.05) is 54.1 Å². The zero-order valence-corrected chi connectivity index (χ0v) is 23.5. The lowest BCUT2D eigenvalue weighted by atomic mass is 9.89. The number of benzene rings is 1. The Morgan fingerprint density at radius 2 is 1.85 bits per heavy atom. The van der Waals surface area contributed by atoms with Gasteiger partial charge in [0, 0.05) is 49.9 Å². The summed E-state index contributed by atoms with van der Waals surface area (Å²) in [5.74, 6) is -0.113. The molecule has 3 saturated heterocycles. The molecule has 4 atom stereocenters. The first kappa shape index (κ1) is 26.0. The van der Waals surface area contributed by atoms with Crippen LogP contribution in [0.2, 0.25) is 5.15 Å². The van der Waals surface area contributed by atoms with E-state index in [0.717, 1.165) is 19.4 Å². The molecule has 0 aliphatic carbocycles. The number of piperazine rings is 1. The van der Waals surface area contributed by atoms with Crippen molar-refractivity contribution in [2.24, 2.45) is 0 Å². The lowest BCUT2D eigenvalue weighted by Crippen LogP contribution is -2.60. The topological polar surface area (TPSA) is 57.6 Å². The second kappa shape index (κ2) is 9.60. The predicted octanol–water partition coefficient (Wildman–Crippen LogP) is 5.14. The van der Waals surface area contributed by atoms with E-state index < -0.39 is 12.0 Å². The minimum Gasteiger partial charge on any atom is -0.461 e. The van der Waals surface area contributed by atoms with Gasteiger partial charge in [-0.25, -0.2) is 13.8 Å². The summed E-state index contributed by atoms with van der Waals surface area (Å²) in [5.41, 5.74) is 0.804. The van der Waals surface area contributed by atoms with Crippen LogP contribution in [0.3, 0.4) is 0 Å². The molecule has 2 aromatic heterocycles. The maximum absolute atomic E-state index is 15.3. The van der Waals surface area contributed by atoms with Gasteiger partial charge in [0.05, 0.1) is 10.9 Å². The molecule has 0 radical (unpaired) electrons. The molecule has 3 fully saturated rings. The monoisotopic (exact) mass is 566 g/mol. The molecule has 6 heterocycles. The second-order valence-corrected chi connectivity index (χ2v) is 12.4. The highest BCUT2D eigenvalue weighted by molar-refractivity contribution is 6.30. The van der Waals surface area contributed by atoms with Crippen molar-refractivity contribution < 1.29 is 13.5 Å². The summed E-state index contributed by atoms with van der Waals surface area (Å²) in [7, 11) is 0. The number of nitrogens with zero attached hydrogens (tertiary/aromatic N) is 6. The van der Waals surface area contributed by atoms with Gasteiger partial charge in [-0.15, -0.1) is 0 Å². The summed E-state index contributed by atoms with van der Waals surface area (Å²) in [6, 6.07) is 10.9. The minimum absolute atomic E-state index is 0.0829. The van der Waals surface area contributed by atoms with E-state index in [9.17, 15) is 4.39 Å². The van der Waals surface area contributed by atoms with Crippen molar-refractivity contribution in [1.29, 1.82) is 0 Å². The van der Waals surface area contributed by atoms with Gasteiger partial charge in [-0.2, -0.15) is 9.97 Å². The van der Waals surface area contributed by atoms with Crippen LogP contribution in [0.4, 0.5) is 14.6 Å². The van der Waals surface area contributed by atoms with Crippen molar-refractivity contribution in [2.75, 3.05) is 37.7 Å². The quantitative estimate of drug-likeness (QED) is 0.303. The summed E-state index contributed by atoms with van der Waals surface area (Å²) in [5, 5.41) is 0.255. The summed E-state index contributed by atoms with van der Waals surface area (Å²) < 4.78 is 35.7. The summed E-state index contributed by atoms with van der Waals surface area (Å²) in [6.45, 7) is 7.42. The van der Waals surface area contributed by atoms with Gasteiger partial charge in [0.25, 0.3) is 0 Å². The molecule has 7 rings (SSSR count). The number of anilines is 1. The highest BCUT2D eigenvalue weighted by Crippen LogP contribution is 2.42. The van der Waals surface area contributed by atoms with Gasteiger partial charge in [-0.3, -0.25) is 9.80 Å². The third-order valence-electron chi connectivity index (χ3n) is 9.34. The van der Waals surface area contributed by atoms with Gasteiger partial charge < -0.3 is 9.64 Å². The van der Waals surface area contributed by atoms with Crippen LogP contribution in [-0.2, 0) is 5.54 Å². The van der Waals surface area contributed by atoms with Crippen molar-refractivity contribution in [3.05, 3.63) is 65.2 Å². The van der Waals surface area contributed by atoms with Crippen LogP contribution < -0.4 is 9.64 Å². The third-order valence-corrected chi connectivity index (χ3v) is 9.61. The second-order valence-electron chi connectivity index (χ2n) is 12.1. The molecule has 0 N–H and O–H groups in total. The lowest BCUT2D eigenvalue weighted by Gasteiger charge is -2.50. The Labute approximate surface area is 237 Å². The van der Waals surface area contributed by atoms with E-state index in [-0.39, 0.29) is 46.4 Å². The third kappa shape index (κ3) is 4.16. The van der Waals surface area contributed by atoms with Gasteiger partial charge in [0.2, 0.25) is 0 Å². The number of halogens is 3. The SMILES string of the molecule is CC(C)(c1ccccc1)N1[C@@H]2C=C[C@H]1CN(c1nc(OC[C@@]34CCCN3C[C@H](F)C4)nc3c(F)c(Cl)ncc13)C2. The molecule has 0 unspecified atom stereocenters. The van der Waals surface area contributed by atoms with Crippen LogP contribution >= 0.6 is 11.6 Å². The molecule has 10 heteroatoms. The van der Waals surface area contributed by atoms with Gasteiger partial charge in [0.15, 0.2) is 11.0 Å². The molecule has 4 aliphatic rings. The molecule has 40 heavy (non-hydrogen) atoms. The molecule has 210 valence electrons. The standard InChI is InChI=1S/C30H33ClF2N6O/c1-29(2,19-7-4-3-5-8-19)39-21-9-10-22(39)17-37(16-21)27-23-14-34-26(31)24(33)25(23)35-28(36-27)40-18-30-11-6-12-38(30)15-20(32)13-30/h3-5,7-10,14,20-22H,6,11-13,15-18H2,1-2H3/t20-,21-,22+,30+/m1/s1. The average molecular weight is 567 g/mol. The maximum atomic E-state index is 15.3. The van der Waals surface area contributed by atoms with E-state index >= 15 is 4.39 Å². The van der Waals surface area contributed by atoms with Crippen molar-refractivity contribution >= 4 is 28.3 Å². The van der Waals surface area contributed by atoms with Crippen LogP contribution in [0.15, 0.2) is 48.7 Å². The molecule has 0 amide bonds. The Hall–Kier alpha value is -2.88. The van der Waals surface area contributed by atoms with E-state index in [1.54, 1.807) is 0 Å². The summed E-state index contributed by atoms with van der Waals surface area (Å²) in [6.07, 6.45) is 7.50. The van der Waals surface area contributed by atoms with E-state index in [1.165, 1.54) is 11.8 Å². The first-order valence-electron chi connectivity index (χ1n) is 14.1. The Morgan fingerprint density at radius 3 is 2.60 bits per heavy atom. The molecule has 4 aliphatic heterocycles. The fraction of sp³-hybridized carbons (Fsp3) is 0.500. The zero-order valence-electron chi connectivity index (χ0n) is 22.7. The molecular weight excluding hydrogens is 534 g/mol. The van der Waals surface area contributed by atoms with Gasteiger partial charge in [0.1, 0.15) is 24.1 Å². The van der Waals surface area contributed by atoms with Crippen LogP contribution in [0.5, 0.6) is 6.01 Å². The zero-order chi connectivity index (χ0) is 27.6. The molecule has 3 aromatic rings. The van der Waals surface area contributed by atoms with Crippen LogP contribution in [0.25, 0.3) is 10.9 Å². The van der Waals surface area contributed by atoms with Crippen molar-refractivity contribution in [3.8, 4) is 6.01 Å². The molecule has 1 aromatic carbocycles. The van der Waals surface area contributed by atoms with Crippen LogP contribution in [-0.4, -0.2) is 81.3 Å². The maximum Gasteiger partial charge on any atom is 0.319 e. The van der Waals surface area contributed by atoms with Gasteiger partial charge >= 0.3 is 6.01 Å². The highest BCUT2D eigenvalue weighted by atomic mass is 35.5. The number of hydrogen-bond acceptors (Lipinski definition) is 7. The Bertz CT molecular complexity index is 1460. The average Bonchev–Trinajstić information content (AvgIpc) is 3.57. The number of fused-ring (bicyclic) bond motifs is 4.